The van der Waals surface area contributed by atoms with Gasteiger partial charge in [-0.25, -0.2) is 4.39 Å². The Morgan fingerprint density at radius 1 is 1.00 bits per heavy atom. The molecule has 0 atom stereocenters. The zero-order valence-corrected chi connectivity index (χ0v) is 15.0. The number of carbonyl (C=O) groups excluding carboxylic acids is 1. The van der Waals surface area contributed by atoms with Gasteiger partial charge in [-0.05, 0) is 49.2 Å². The highest BCUT2D eigenvalue weighted by molar-refractivity contribution is 5.95. The molecule has 3 aromatic carbocycles. The predicted molar refractivity (Wildman–Crippen MR) is 104 cm³/mol. The van der Waals surface area contributed by atoms with E-state index < -0.39 is 0 Å². The number of ketones is 1. The Kier molecular flexibility index (Phi) is 4.21. The van der Waals surface area contributed by atoms with Gasteiger partial charge >= 0.3 is 0 Å². The molecule has 0 radical (unpaired) electrons. The lowest BCUT2D eigenvalue weighted by Gasteiger charge is -2.26. The first-order chi connectivity index (χ1) is 12.5. The number of carbonyl (C=O) groups is 1. The molecule has 0 unspecified atom stereocenters. The average molecular weight is 348 g/mol. The molecule has 0 N–H and O–H groups in total. The summed E-state index contributed by atoms with van der Waals surface area (Å²) in [7, 11) is 2.05. The highest BCUT2D eigenvalue weighted by atomic mass is 19.1. The molecular weight excluding hydrogens is 327 g/mol. The molecule has 0 saturated carbocycles. The molecular formula is C22H21FN2O. The van der Waals surface area contributed by atoms with Crippen molar-refractivity contribution in [2.45, 2.75) is 13.5 Å². The fourth-order valence-corrected chi connectivity index (χ4v) is 3.64. The normalized spacial score (nSPS) is 15.0. The SMILES string of the molecule is CC(=O)c1ccc2c(c1)CN(C)CCN2c1ccc2ccccc2c1F. The molecule has 1 aliphatic heterocycles. The van der Waals surface area contributed by atoms with Crippen molar-refractivity contribution in [1.82, 2.24) is 4.90 Å². The lowest BCUT2D eigenvalue weighted by Crippen LogP contribution is -2.26. The highest BCUT2D eigenvalue weighted by Gasteiger charge is 2.23. The summed E-state index contributed by atoms with van der Waals surface area (Å²) in [6.45, 7) is 3.82. The van der Waals surface area contributed by atoms with Crippen LogP contribution in [0.3, 0.4) is 0 Å². The van der Waals surface area contributed by atoms with Crippen LogP contribution in [0.1, 0.15) is 22.8 Å². The molecule has 0 aromatic heterocycles. The van der Waals surface area contributed by atoms with Crippen LogP contribution in [0.5, 0.6) is 0 Å². The molecule has 0 aliphatic carbocycles. The van der Waals surface area contributed by atoms with E-state index >= 15 is 4.39 Å². The molecule has 132 valence electrons. The fourth-order valence-electron chi connectivity index (χ4n) is 3.64. The highest BCUT2D eigenvalue weighted by Crippen LogP contribution is 2.36. The topological polar surface area (TPSA) is 23.6 Å². The third kappa shape index (κ3) is 2.86. The van der Waals surface area contributed by atoms with Crippen molar-refractivity contribution < 1.29 is 9.18 Å². The summed E-state index contributed by atoms with van der Waals surface area (Å²) in [5.41, 5.74) is 3.28. The summed E-state index contributed by atoms with van der Waals surface area (Å²) in [6, 6.07) is 17.0. The second-order valence-electron chi connectivity index (χ2n) is 6.91. The second kappa shape index (κ2) is 6.54. The third-order valence-corrected chi connectivity index (χ3v) is 5.06. The molecule has 0 spiro atoms. The Bertz CT molecular complexity index is 999. The van der Waals surface area contributed by atoms with Gasteiger partial charge in [0.05, 0.1) is 5.69 Å². The summed E-state index contributed by atoms with van der Waals surface area (Å²) in [5.74, 6) is -0.155. The van der Waals surface area contributed by atoms with Crippen molar-refractivity contribution in [2.75, 3.05) is 25.0 Å². The number of likely N-dealkylation sites (N-methyl/N-ethyl adjacent to an activating group) is 1. The predicted octanol–water partition coefficient (Wildman–Crippen LogP) is 4.77. The summed E-state index contributed by atoms with van der Waals surface area (Å²) in [4.78, 5) is 16.0. The maximum absolute atomic E-state index is 15.3. The van der Waals surface area contributed by atoms with Crippen molar-refractivity contribution in [3.8, 4) is 0 Å². The minimum Gasteiger partial charge on any atom is -0.338 e. The van der Waals surface area contributed by atoms with E-state index in [2.05, 4.69) is 4.90 Å². The van der Waals surface area contributed by atoms with Gasteiger partial charge in [-0.3, -0.25) is 4.79 Å². The lowest BCUT2D eigenvalue weighted by molar-refractivity contribution is 0.101. The summed E-state index contributed by atoms with van der Waals surface area (Å²) in [5, 5.41) is 1.53. The van der Waals surface area contributed by atoms with Gasteiger partial charge in [-0.1, -0.05) is 30.3 Å². The Morgan fingerprint density at radius 2 is 1.77 bits per heavy atom. The monoisotopic (exact) mass is 348 g/mol. The third-order valence-electron chi connectivity index (χ3n) is 5.06. The maximum atomic E-state index is 15.3. The van der Waals surface area contributed by atoms with Gasteiger partial charge in [0.15, 0.2) is 11.6 Å². The smallest absolute Gasteiger partial charge is 0.159 e. The standard InChI is InChI=1S/C22H21FN2O/c1-15(26)17-8-9-20-18(13-17)14-24(2)11-12-25(20)21-10-7-16-5-3-4-6-19(16)22(21)23/h3-10,13H,11-12,14H2,1-2H3. The average Bonchev–Trinajstić information content (AvgIpc) is 2.80. The Morgan fingerprint density at radius 3 is 2.58 bits per heavy atom. The summed E-state index contributed by atoms with van der Waals surface area (Å²) < 4.78 is 15.3. The first-order valence-electron chi connectivity index (χ1n) is 8.82. The van der Waals surface area contributed by atoms with Gasteiger partial charge in [0.1, 0.15) is 0 Å². The van der Waals surface area contributed by atoms with E-state index in [1.807, 2.05) is 66.5 Å². The van der Waals surface area contributed by atoms with E-state index in [1.165, 1.54) is 0 Å². The number of Topliss-reactive ketones (excluding diaryl/α,β-unsaturated/α-hetero) is 1. The Balaban J connectivity index is 1.87. The molecule has 0 fully saturated rings. The van der Waals surface area contributed by atoms with E-state index in [1.54, 1.807) is 6.92 Å². The molecule has 3 nitrogen and oxygen atoms in total. The van der Waals surface area contributed by atoms with Gasteiger partial charge in [-0.2, -0.15) is 0 Å². The van der Waals surface area contributed by atoms with Crippen LogP contribution in [0.2, 0.25) is 0 Å². The molecule has 26 heavy (non-hydrogen) atoms. The summed E-state index contributed by atoms with van der Waals surface area (Å²) in [6.07, 6.45) is 0. The number of nitrogens with zero attached hydrogens (tertiary/aromatic N) is 2. The van der Waals surface area contributed by atoms with Crippen LogP contribution in [0.15, 0.2) is 54.6 Å². The second-order valence-corrected chi connectivity index (χ2v) is 6.91. The fraction of sp³-hybridized carbons (Fsp3) is 0.227. The number of benzene rings is 3. The number of hydrogen-bond acceptors (Lipinski definition) is 3. The van der Waals surface area contributed by atoms with Crippen LogP contribution in [0.4, 0.5) is 15.8 Å². The van der Waals surface area contributed by atoms with E-state index in [0.29, 0.717) is 23.2 Å². The van der Waals surface area contributed by atoms with Crippen molar-refractivity contribution in [3.05, 3.63) is 71.5 Å². The van der Waals surface area contributed by atoms with Crippen LogP contribution < -0.4 is 4.90 Å². The van der Waals surface area contributed by atoms with Crippen LogP contribution in [-0.4, -0.2) is 30.8 Å². The molecule has 1 heterocycles. The molecule has 4 rings (SSSR count). The van der Waals surface area contributed by atoms with E-state index in [0.717, 1.165) is 29.7 Å². The molecule has 4 heteroatoms. The number of hydrogen-bond donors (Lipinski definition) is 0. The molecule has 3 aromatic rings. The number of rotatable bonds is 2. The Hall–Kier alpha value is -2.72. The van der Waals surface area contributed by atoms with Gasteiger partial charge in [0.2, 0.25) is 0 Å². The first-order valence-corrected chi connectivity index (χ1v) is 8.82. The number of halogens is 1. The quantitative estimate of drug-likeness (QED) is 0.624. The summed E-state index contributed by atoms with van der Waals surface area (Å²) >= 11 is 0. The van der Waals surface area contributed by atoms with Crippen molar-refractivity contribution in [1.29, 1.82) is 0 Å². The first kappa shape index (κ1) is 16.7. The Labute approximate surface area is 152 Å². The molecule has 0 saturated heterocycles. The largest absolute Gasteiger partial charge is 0.338 e. The van der Waals surface area contributed by atoms with Crippen molar-refractivity contribution in [2.24, 2.45) is 0 Å². The van der Waals surface area contributed by atoms with Crippen molar-refractivity contribution in [3.63, 3.8) is 0 Å². The van der Waals surface area contributed by atoms with E-state index in [4.69, 9.17) is 0 Å². The van der Waals surface area contributed by atoms with Gasteiger partial charge in [0, 0.05) is 36.3 Å². The lowest BCUT2D eigenvalue weighted by atomic mass is 10.0. The maximum Gasteiger partial charge on any atom is 0.159 e. The number of anilines is 2. The van der Waals surface area contributed by atoms with Crippen LogP contribution in [0, 0.1) is 5.82 Å². The van der Waals surface area contributed by atoms with E-state index in [-0.39, 0.29) is 11.6 Å². The van der Waals surface area contributed by atoms with Crippen molar-refractivity contribution >= 4 is 27.9 Å². The van der Waals surface area contributed by atoms with Gasteiger partial charge in [0.25, 0.3) is 0 Å². The zero-order valence-electron chi connectivity index (χ0n) is 15.0. The van der Waals surface area contributed by atoms with Crippen LogP contribution >= 0.6 is 0 Å². The molecule has 1 aliphatic rings. The molecule has 0 amide bonds. The van der Waals surface area contributed by atoms with E-state index in [9.17, 15) is 4.79 Å². The molecule has 0 bridgehead atoms. The van der Waals surface area contributed by atoms with Crippen LogP contribution in [-0.2, 0) is 6.54 Å². The van der Waals surface area contributed by atoms with Crippen LogP contribution in [0.25, 0.3) is 10.8 Å². The minimum absolute atomic E-state index is 0.0446. The number of fused-ring (bicyclic) bond motifs is 2. The van der Waals surface area contributed by atoms with Gasteiger partial charge < -0.3 is 9.80 Å². The minimum atomic E-state index is -0.200. The zero-order chi connectivity index (χ0) is 18.3. The van der Waals surface area contributed by atoms with Gasteiger partial charge in [-0.15, -0.1) is 0 Å².